The topological polar surface area (TPSA) is 74.6 Å². The van der Waals surface area contributed by atoms with Gasteiger partial charge in [0.05, 0.1) is 33.8 Å². The SMILES string of the molecule is Cc1cc(-n2nc3c(c2-n2ccn(-c4ccc5c(cnn5C)c4Cl)c2=O)[C@@H]2CC[C@H](C3)N2)cc(C)c1F. The highest BCUT2D eigenvalue weighted by molar-refractivity contribution is 6.37. The molecule has 1 fully saturated rings. The Bertz CT molecular complexity index is 1770. The summed E-state index contributed by atoms with van der Waals surface area (Å²) < 4.78 is 21.2. The number of aromatic nitrogens is 6. The van der Waals surface area contributed by atoms with E-state index in [0.717, 1.165) is 47.1 Å². The first kappa shape index (κ1) is 22.5. The molecule has 10 heteroatoms. The number of halogens is 2. The Labute approximate surface area is 216 Å². The summed E-state index contributed by atoms with van der Waals surface area (Å²) in [6.07, 6.45) is 8.04. The molecule has 2 atom stereocenters. The predicted octanol–water partition coefficient (Wildman–Crippen LogP) is 4.46. The smallest absolute Gasteiger partial charge is 0.307 e. The number of hydrogen-bond acceptors (Lipinski definition) is 4. The molecule has 1 saturated heterocycles. The summed E-state index contributed by atoms with van der Waals surface area (Å²) in [4.78, 5) is 13.9. The number of aryl methyl sites for hydroxylation is 3. The predicted molar refractivity (Wildman–Crippen MR) is 140 cm³/mol. The van der Waals surface area contributed by atoms with E-state index in [4.69, 9.17) is 16.7 Å². The Hall–Kier alpha value is -3.69. The van der Waals surface area contributed by atoms with E-state index < -0.39 is 0 Å². The van der Waals surface area contributed by atoms with Crippen molar-refractivity contribution in [2.45, 2.75) is 45.2 Å². The Kier molecular flexibility index (Phi) is 4.81. The second-order valence-corrected chi connectivity index (χ2v) is 10.5. The molecule has 0 saturated carbocycles. The maximum atomic E-state index is 14.5. The molecule has 0 aliphatic carbocycles. The van der Waals surface area contributed by atoms with Crippen LogP contribution in [-0.4, -0.2) is 34.7 Å². The minimum atomic E-state index is -0.259. The Morgan fingerprint density at radius 2 is 1.86 bits per heavy atom. The molecule has 2 bridgehead atoms. The molecular formula is C27H25ClFN7O. The van der Waals surface area contributed by atoms with E-state index in [1.165, 1.54) is 0 Å². The number of imidazole rings is 1. The van der Waals surface area contributed by atoms with Crippen LogP contribution in [0.25, 0.3) is 28.1 Å². The van der Waals surface area contributed by atoms with Gasteiger partial charge in [-0.1, -0.05) is 11.6 Å². The van der Waals surface area contributed by atoms with Crippen molar-refractivity contribution >= 4 is 22.5 Å². The van der Waals surface area contributed by atoms with Crippen LogP contribution in [0, 0.1) is 19.7 Å². The van der Waals surface area contributed by atoms with Crippen LogP contribution in [0.5, 0.6) is 0 Å². The van der Waals surface area contributed by atoms with Gasteiger partial charge in [0, 0.05) is 48.9 Å². The third-order valence-corrected chi connectivity index (χ3v) is 8.17. The Morgan fingerprint density at radius 1 is 1.11 bits per heavy atom. The molecule has 3 aromatic heterocycles. The summed E-state index contributed by atoms with van der Waals surface area (Å²) in [5.74, 6) is 0.451. The zero-order chi connectivity index (χ0) is 25.6. The van der Waals surface area contributed by atoms with Crippen LogP contribution in [0.1, 0.15) is 41.3 Å². The lowest BCUT2D eigenvalue weighted by Gasteiger charge is -2.21. The highest BCUT2D eigenvalue weighted by atomic mass is 35.5. The van der Waals surface area contributed by atoms with E-state index in [2.05, 4.69) is 10.4 Å². The molecular weight excluding hydrogens is 493 g/mol. The first-order valence-corrected chi connectivity index (χ1v) is 12.8. The minimum absolute atomic E-state index is 0.116. The normalized spacial score (nSPS) is 18.6. The first-order valence-electron chi connectivity index (χ1n) is 12.4. The van der Waals surface area contributed by atoms with Gasteiger partial charge in [0.15, 0.2) is 0 Å². The summed E-state index contributed by atoms with van der Waals surface area (Å²) >= 11 is 6.75. The van der Waals surface area contributed by atoms with Crippen LogP contribution < -0.4 is 11.0 Å². The van der Waals surface area contributed by atoms with Gasteiger partial charge >= 0.3 is 5.69 Å². The molecule has 2 aromatic carbocycles. The highest BCUT2D eigenvalue weighted by Crippen LogP contribution is 2.40. The van der Waals surface area contributed by atoms with Gasteiger partial charge in [-0.05, 0) is 62.1 Å². The molecule has 1 N–H and O–H groups in total. The Morgan fingerprint density at radius 3 is 2.65 bits per heavy atom. The van der Waals surface area contributed by atoms with Crippen molar-refractivity contribution in [1.29, 1.82) is 0 Å². The van der Waals surface area contributed by atoms with Gasteiger partial charge in [0.1, 0.15) is 11.6 Å². The molecule has 0 radical (unpaired) electrons. The second-order valence-electron chi connectivity index (χ2n) is 10.1. The van der Waals surface area contributed by atoms with Crippen molar-refractivity contribution in [3.8, 4) is 17.2 Å². The molecule has 7 rings (SSSR count). The van der Waals surface area contributed by atoms with E-state index in [9.17, 15) is 9.18 Å². The molecule has 5 aromatic rings. The zero-order valence-electron chi connectivity index (χ0n) is 20.7. The summed E-state index contributed by atoms with van der Waals surface area (Å²) in [5.41, 5.74) is 5.02. The average molecular weight is 518 g/mol. The molecule has 2 aliphatic rings. The maximum absolute atomic E-state index is 14.5. The third kappa shape index (κ3) is 3.20. The highest BCUT2D eigenvalue weighted by Gasteiger charge is 2.38. The van der Waals surface area contributed by atoms with Crippen LogP contribution in [0.3, 0.4) is 0 Å². The van der Waals surface area contributed by atoms with Crippen LogP contribution in [0.15, 0.2) is 47.7 Å². The maximum Gasteiger partial charge on any atom is 0.338 e. The molecule has 0 amide bonds. The summed E-state index contributed by atoms with van der Waals surface area (Å²) in [5, 5.41) is 14.2. The molecule has 8 nitrogen and oxygen atoms in total. The van der Waals surface area contributed by atoms with Crippen molar-refractivity contribution < 1.29 is 4.39 Å². The molecule has 0 unspecified atom stereocenters. The average Bonchev–Trinajstić information content (AvgIpc) is 3.64. The van der Waals surface area contributed by atoms with E-state index in [-0.39, 0.29) is 17.5 Å². The number of fused-ring (bicyclic) bond motifs is 5. The third-order valence-electron chi connectivity index (χ3n) is 7.78. The number of nitrogens with zero attached hydrogens (tertiary/aromatic N) is 6. The van der Waals surface area contributed by atoms with Crippen LogP contribution >= 0.6 is 11.6 Å². The zero-order valence-corrected chi connectivity index (χ0v) is 21.4. The number of nitrogens with one attached hydrogen (secondary N) is 1. The van der Waals surface area contributed by atoms with Crippen LogP contribution in [-0.2, 0) is 13.5 Å². The van der Waals surface area contributed by atoms with E-state index in [1.807, 2.05) is 19.2 Å². The van der Waals surface area contributed by atoms with Crippen molar-refractivity contribution in [3.05, 3.63) is 86.6 Å². The van der Waals surface area contributed by atoms with Crippen LogP contribution in [0.4, 0.5) is 4.39 Å². The molecule has 5 heterocycles. The quantitative estimate of drug-likeness (QED) is 0.383. The van der Waals surface area contributed by atoms with Crippen molar-refractivity contribution in [2.75, 3.05) is 0 Å². The number of hydrogen-bond donors (Lipinski definition) is 1. The standard InChI is InChI=1S/C27H25ClFN7O/c1-14-10-17(11-15(2)25(14)29)36-26(23-19-5-4-16(31-19)12-20(23)32-36)35-9-8-34(27(35)37)22-7-6-21-18(24(22)28)13-30-33(21)3/h6-11,13,16,19,31H,4-5,12H2,1-3H3/t16-,19+/m1/s1. The van der Waals surface area contributed by atoms with Gasteiger partial charge < -0.3 is 5.32 Å². The van der Waals surface area contributed by atoms with Crippen molar-refractivity contribution in [1.82, 2.24) is 34.0 Å². The molecule has 37 heavy (non-hydrogen) atoms. The first-order chi connectivity index (χ1) is 17.8. The fourth-order valence-electron chi connectivity index (χ4n) is 5.96. The van der Waals surface area contributed by atoms with Gasteiger partial charge in [-0.15, -0.1) is 0 Å². The minimum Gasteiger partial charge on any atom is -0.307 e. The van der Waals surface area contributed by atoms with Crippen molar-refractivity contribution in [2.24, 2.45) is 7.05 Å². The van der Waals surface area contributed by atoms with Crippen LogP contribution in [0.2, 0.25) is 5.02 Å². The van der Waals surface area contributed by atoms with Gasteiger partial charge in [-0.3, -0.25) is 13.8 Å². The van der Waals surface area contributed by atoms with Gasteiger partial charge in [-0.25, -0.2) is 13.9 Å². The number of rotatable bonds is 3. The lowest BCUT2D eigenvalue weighted by atomic mass is 10.0. The number of benzene rings is 2. The van der Waals surface area contributed by atoms with Gasteiger partial charge in [0.2, 0.25) is 0 Å². The molecule has 0 spiro atoms. The molecule has 188 valence electrons. The van der Waals surface area contributed by atoms with Crippen molar-refractivity contribution in [3.63, 3.8) is 0 Å². The van der Waals surface area contributed by atoms with Gasteiger partial charge in [-0.2, -0.15) is 10.2 Å². The fraction of sp³-hybridized carbons (Fsp3) is 0.296. The van der Waals surface area contributed by atoms with Gasteiger partial charge in [0.25, 0.3) is 0 Å². The van der Waals surface area contributed by atoms with E-state index in [0.29, 0.717) is 33.7 Å². The Balaban J connectivity index is 1.46. The summed E-state index contributed by atoms with van der Waals surface area (Å²) in [7, 11) is 1.85. The summed E-state index contributed by atoms with van der Waals surface area (Å²) in [6, 6.07) is 7.81. The van der Waals surface area contributed by atoms with E-state index >= 15 is 0 Å². The lowest BCUT2D eigenvalue weighted by Crippen LogP contribution is -2.32. The summed E-state index contributed by atoms with van der Waals surface area (Å²) in [6.45, 7) is 3.50. The molecule has 2 aliphatic heterocycles. The van der Waals surface area contributed by atoms with E-state index in [1.54, 1.807) is 63.1 Å². The lowest BCUT2D eigenvalue weighted by molar-refractivity contribution is 0.509. The fourth-order valence-corrected chi connectivity index (χ4v) is 6.26. The second kappa shape index (κ2) is 7.90. The monoisotopic (exact) mass is 517 g/mol. The largest absolute Gasteiger partial charge is 0.338 e.